The van der Waals surface area contributed by atoms with Crippen LogP contribution >= 0.6 is 0 Å². The number of amides is 1. The quantitative estimate of drug-likeness (QED) is 0.844. The first-order chi connectivity index (χ1) is 10.4. The van der Waals surface area contributed by atoms with E-state index in [2.05, 4.69) is 0 Å². The summed E-state index contributed by atoms with van der Waals surface area (Å²) < 4.78 is 37.5. The lowest BCUT2D eigenvalue weighted by Gasteiger charge is -2.06. The van der Waals surface area contributed by atoms with Gasteiger partial charge in [0.05, 0.1) is 0 Å². The van der Waals surface area contributed by atoms with Crippen molar-refractivity contribution in [3.8, 4) is 0 Å². The van der Waals surface area contributed by atoms with Crippen molar-refractivity contribution in [3.05, 3.63) is 66.0 Å². The van der Waals surface area contributed by atoms with Crippen LogP contribution in [0, 0.1) is 0 Å². The molecule has 1 amide bonds. The van der Waals surface area contributed by atoms with Gasteiger partial charge in [0.25, 0.3) is 5.91 Å². The minimum Gasteiger partial charge on any atom is -0.341 e. The predicted octanol–water partition coefficient (Wildman–Crippen LogP) is 2.24. The first kappa shape index (κ1) is 16.0. The second-order valence-electron chi connectivity index (χ2n) is 4.93. The molecule has 0 unspecified atom stereocenters. The summed E-state index contributed by atoms with van der Waals surface area (Å²) in [6, 6.07) is 13.6. The summed E-state index contributed by atoms with van der Waals surface area (Å²) in [4.78, 5) is 11.4. The minimum atomic E-state index is -4.39. The molecule has 2 rings (SSSR count). The van der Waals surface area contributed by atoms with Gasteiger partial charge in [-0.3, -0.25) is 4.79 Å². The number of nitrogens with one attached hydrogen (secondary N) is 1. The van der Waals surface area contributed by atoms with E-state index < -0.39 is 18.6 Å². The van der Waals surface area contributed by atoms with Gasteiger partial charge in [0.1, 0.15) is 6.54 Å². The molecule has 1 N–H and O–H groups in total. The number of aromatic nitrogens is 1. The third-order valence-electron chi connectivity index (χ3n) is 3.02. The fraction of sp³-hybridized carbons (Fsp3) is 0.250. The largest absolute Gasteiger partial charge is 0.405 e. The van der Waals surface area contributed by atoms with Crippen molar-refractivity contribution in [2.45, 2.75) is 19.1 Å². The molecule has 0 saturated heterocycles. The number of carbonyl (C=O) groups excluding carboxylic acids is 1. The van der Waals surface area contributed by atoms with Crippen molar-refractivity contribution in [3.63, 3.8) is 0 Å². The molecule has 0 radical (unpaired) electrons. The van der Waals surface area contributed by atoms with E-state index in [1.54, 1.807) is 17.0 Å². The number of benzene rings is 1. The lowest BCUT2D eigenvalue weighted by molar-refractivity contribution is -0.684. The SMILES string of the molecule is O=C(C[n+]1ccc(Cc2ccccc2)cc1)NCC(F)(F)F. The zero-order valence-electron chi connectivity index (χ0n) is 11.8. The second kappa shape index (κ2) is 7.06. The average molecular weight is 309 g/mol. The topological polar surface area (TPSA) is 33.0 Å². The van der Waals surface area contributed by atoms with Crippen LogP contribution in [-0.2, 0) is 17.8 Å². The third kappa shape index (κ3) is 5.55. The first-order valence-corrected chi connectivity index (χ1v) is 6.78. The molecule has 0 atom stereocenters. The molecule has 2 aromatic rings. The number of nitrogens with zero attached hydrogens (tertiary/aromatic N) is 1. The normalized spacial score (nSPS) is 11.2. The molecule has 1 aromatic heterocycles. The highest BCUT2D eigenvalue weighted by Crippen LogP contribution is 2.12. The molecule has 1 aromatic carbocycles. The zero-order valence-corrected chi connectivity index (χ0v) is 11.8. The van der Waals surface area contributed by atoms with E-state index in [4.69, 9.17) is 0 Å². The maximum atomic E-state index is 12.0. The maximum absolute atomic E-state index is 12.0. The Bertz CT molecular complexity index is 610. The Kier molecular flexibility index (Phi) is 5.14. The van der Waals surface area contributed by atoms with Crippen molar-refractivity contribution in [1.82, 2.24) is 5.32 Å². The zero-order chi connectivity index (χ0) is 16.0. The minimum absolute atomic E-state index is 0.137. The summed E-state index contributed by atoms with van der Waals surface area (Å²) in [5, 5.41) is 1.84. The Labute approximate surface area is 126 Å². The van der Waals surface area contributed by atoms with Gasteiger partial charge in [0, 0.05) is 12.1 Å². The predicted molar refractivity (Wildman–Crippen MR) is 74.9 cm³/mol. The highest BCUT2D eigenvalue weighted by atomic mass is 19.4. The van der Waals surface area contributed by atoms with Crippen molar-refractivity contribution < 1.29 is 22.5 Å². The van der Waals surface area contributed by atoms with Gasteiger partial charge in [-0.25, -0.2) is 0 Å². The Hall–Kier alpha value is -2.37. The molecular formula is C16H16F3N2O+. The Morgan fingerprint density at radius 3 is 2.18 bits per heavy atom. The molecule has 0 bridgehead atoms. The highest BCUT2D eigenvalue weighted by Gasteiger charge is 2.28. The van der Waals surface area contributed by atoms with Crippen LogP contribution in [0.3, 0.4) is 0 Å². The average Bonchev–Trinajstić information content (AvgIpc) is 2.48. The molecule has 0 aliphatic rings. The summed E-state index contributed by atoms with van der Waals surface area (Å²) in [6.07, 6.45) is -0.251. The highest BCUT2D eigenvalue weighted by molar-refractivity contribution is 5.74. The van der Waals surface area contributed by atoms with E-state index in [0.29, 0.717) is 0 Å². The van der Waals surface area contributed by atoms with Crippen LogP contribution in [0.2, 0.25) is 0 Å². The fourth-order valence-corrected chi connectivity index (χ4v) is 1.96. The number of hydrogen-bond donors (Lipinski definition) is 1. The van der Waals surface area contributed by atoms with Gasteiger partial charge in [-0.1, -0.05) is 30.3 Å². The monoisotopic (exact) mass is 309 g/mol. The van der Waals surface area contributed by atoms with Crippen LogP contribution in [0.15, 0.2) is 54.9 Å². The molecule has 0 fully saturated rings. The van der Waals surface area contributed by atoms with Crippen molar-refractivity contribution >= 4 is 5.91 Å². The van der Waals surface area contributed by atoms with Crippen molar-refractivity contribution in [2.75, 3.05) is 6.54 Å². The van der Waals surface area contributed by atoms with Crippen LogP contribution < -0.4 is 9.88 Å². The number of carbonyl (C=O) groups is 1. The number of alkyl halides is 3. The van der Waals surface area contributed by atoms with Crippen LogP contribution in [0.4, 0.5) is 13.2 Å². The van der Waals surface area contributed by atoms with E-state index in [-0.39, 0.29) is 6.54 Å². The van der Waals surface area contributed by atoms with Crippen molar-refractivity contribution in [2.24, 2.45) is 0 Å². The molecular weight excluding hydrogens is 293 g/mol. The lowest BCUT2D eigenvalue weighted by Crippen LogP contribution is -2.44. The lowest BCUT2D eigenvalue weighted by atomic mass is 10.1. The molecule has 1 heterocycles. The summed E-state index contributed by atoms with van der Waals surface area (Å²) >= 11 is 0. The maximum Gasteiger partial charge on any atom is 0.405 e. The van der Waals surface area contributed by atoms with Gasteiger partial charge >= 0.3 is 6.18 Å². The summed E-state index contributed by atoms with van der Waals surface area (Å²) in [5.41, 5.74) is 2.24. The van der Waals surface area contributed by atoms with Gasteiger partial charge in [0.2, 0.25) is 6.54 Å². The van der Waals surface area contributed by atoms with Crippen LogP contribution in [0.5, 0.6) is 0 Å². The molecule has 0 aliphatic carbocycles. The standard InChI is InChI=1S/C16H15F3N2O/c17-16(18,19)12-20-15(22)11-21-8-6-14(7-9-21)10-13-4-2-1-3-5-13/h1-9H,10-12H2/p+1. The van der Waals surface area contributed by atoms with Gasteiger partial charge in [-0.15, -0.1) is 0 Å². The number of rotatable bonds is 5. The summed E-state index contributed by atoms with van der Waals surface area (Å²) in [6.45, 7) is -1.44. The molecule has 3 nitrogen and oxygen atoms in total. The molecule has 0 aliphatic heterocycles. The molecule has 0 saturated carbocycles. The Morgan fingerprint density at radius 2 is 1.59 bits per heavy atom. The van der Waals surface area contributed by atoms with E-state index in [1.165, 1.54) is 5.56 Å². The van der Waals surface area contributed by atoms with Gasteiger partial charge in [-0.05, 0) is 17.5 Å². The third-order valence-corrected chi connectivity index (χ3v) is 3.02. The first-order valence-electron chi connectivity index (χ1n) is 6.78. The Morgan fingerprint density at radius 1 is 1.00 bits per heavy atom. The van der Waals surface area contributed by atoms with Gasteiger partial charge in [-0.2, -0.15) is 17.7 Å². The Balaban J connectivity index is 1.88. The fourth-order valence-electron chi connectivity index (χ4n) is 1.96. The van der Waals surface area contributed by atoms with Crippen LogP contribution in [0.1, 0.15) is 11.1 Å². The smallest absolute Gasteiger partial charge is 0.341 e. The van der Waals surface area contributed by atoms with E-state index in [9.17, 15) is 18.0 Å². The molecule has 22 heavy (non-hydrogen) atoms. The van der Waals surface area contributed by atoms with Crippen LogP contribution in [-0.4, -0.2) is 18.6 Å². The summed E-state index contributed by atoms with van der Waals surface area (Å²) in [7, 11) is 0. The molecule has 116 valence electrons. The number of halogens is 3. The number of hydrogen-bond acceptors (Lipinski definition) is 1. The number of pyridine rings is 1. The van der Waals surface area contributed by atoms with Gasteiger partial charge < -0.3 is 5.32 Å². The van der Waals surface area contributed by atoms with E-state index in [0.717, 1.165) is 12.0 Å². The molecule has 0 spiro atoms. The van der Waals surface area contributed by atoms with Crippen LogP contribution in [0.25, 0.3) is 0 Å². The molecule has 6 heteroatoms. The van der Waals surface area contributed by atoms with E-state index >= 15 is 0 Å². The summed E-state index contributed by atoms with van der Waals surface area (Å²) in [5.74, 6) is -0.668. The van der Waals surface area contributed by atoms with E-state index in [1.807, 2.05) is 47.8 Å². The van der Waals surface area contributed by atoms with Crippen molar-refractivity contribution in [1.29, 1.82) is 0 Å². The second-order valence-corrected chi connectivity index (χ2v) is 4.93. The van der Waals surface area contributed by atoms with Gasteiger partial charge in [0.15, 0.2) is 12.4 Å².